The van der Waals surface area contributed by atoms with E-state index >= 15 is 0 Å². The van der Waals surface area contributed by atoms with Gasteiger partial charge in [0.15, 0.2) is 0 Å². The van der Waals surface area contributed by atoms with Gasteiger partial charge in [-0.15, -0.1) is 11.3 Å². The van der Waals surface area contributed by atoms with Crippen LogP contribution in [0.1, 0.15) is 5.56 Å². The number of nitrogens with one attached hydrogen (secondary N) is 1. The van der Waals surface area contributed by atoms with Gasteiger partial charge in [-0.05, 0) is 60.0 Å². The molecule has 0 amide bonds. The van der Waals surface area contributed by atoms with Crippen molar-refractivity contribution in [2.45, 2.75) is 4.21 Å². The minimum atomic E-state index is -3.59. The molecular weight excluding hydrogens is 396 g/mol. The summed E-state index contributed by atoms with van der Waals surface area (Å²) in [5, 5.41) is 14.5. The van der Waals surface area contributed by atoms with Gasteiger partial charge in [0.2, 0.25) is 5.82 Å². The monoisotopic (exact) mass is 408 g/mol. The number of nitrogens with zero attached hydrogens (tertiary/aromatic N) is 3. The predicted molar refractivity (Wildman–Crippen MR) is 105 cm³/mol. The molecule has 7 nitrogen and oxygen atoms in total. The number of rotatable bonds is 5. The highest BCUT2D eigenvalue weighted by Gasteiger charge is 2.16. The van der Waals surface area contributed by atoms with Crippen molar-refractivity contribution in [3.05, 3.63) is 71.6 Å². The van der Waals surface area contributed by atoms with E-state index in [4.69, 9.17) is 9.78 Å². The van der Waals surface area contributed by atoms with Crippen LogP contribution in [0, 0.1) is 11.3 Å². The Morgan fingerprint density at radius 1 is 1.00 bits per heavy atom. The van der Waals surface area contributed by atoms with E-state index < -0.39 is 10.0 Å². The Bertz CT molecular complexity index is 1240. The summed E-state index contributed by atoms with van der Waals surface area (Å²) in [5.74, 6) is 0.717. The van der Waals surface area contributed by atoms with Crippen LogP contribution >= 0.6 is 11.3 Å². The quantitative estimate of drug-likeness (QED) is 0.532. The van der Waals surface area contributed by atoms with Gasteiger partial charge in [-0.1, -0.05) is 11.2 Å². The lowest BCUT2D eigenvalue weighted by Gasteiger charge is -2.06. The average molecular weight is 408 g/mol. The van der Waals surface area contributed by atoms with Crippen molar-refractivity contribution in [1.82, 2.24) is 10.1 Å². The normalized spacial score (nSPS) is 11.1. The summed E-state index contributed by atoms with van der Waals surface area (Å²) < 4.78 is 32.6. The van der Waals surface area contributed by atoms with Gasteiger partial charge >= 0.3 is 0 Å². The first kappa shape index (κ1) is 17.9. The van der Waals surface area contributed by atoms with E-state index in [0.29, 0.717) is 34.1 Å². The molecule has 0 aliphatic rings. The lowest BCUT2D eigenvalue weighted by Crippen LogP contribution is -2.11. The van der Waals surface area contributed by atoms with Gasteiger partial charge in [0.1, 0.15) is 4.21 Å². The number of benzene rings is 2. The van der Waals surface area contributed by atoms with Crippen LogP contribution in [0.15, 0.2) is 74.8 Å². The number of nitriles is 1. The second-order valence-electron chi connectivity index (χ2n) is 5.73. The lowest BCUT2D eigenvalue weighted by atomic mass is 10.1. The van der Waals surface area contributed by atoms with Crippen molar-refractivity contribution < 1.29 is 12.9 Å². The molecule has 2 aromatic carbocycles. The van der Waals surface area contributed by atoms with Crippen LogP contribution in [-0.2, 0) is 10.0 Å². The molecule has 0 aliphatic heterocycles. The third kappa shape index (κ3) is 3.64. The summed E-state index contributed by atoms with van der Waals surface area (Å²) in [4.78, 5) is 4.35. The standard InChI is InChI=1S/C19H12N4O3S2/c20-12-13-3-5-15(6-4-13)19-21-18(22-26-19)14-7-9-16(10-8-14)23-28(24,25)17-2-1-11-27-17/h1-11,23H. The molecule has 0 radical (unpaired) electrons. The maximum Gasteiger partial charge on any atom is 0.271 e. The van der Waals surface area contributed by atoms with Gasteiger partial charge in [0, 0.05) is 16.8 Å². The van der Waals surface area contributed by atoms with Crippen molar-refractivity contribution in [2.24, 2.45) is 0 Å². The van der Waals surface area contributed by atoms with Crippen molar-refractivity contribution in [2.75, 3.05) is 4.72 Å². The van der Waals surface area contributed by atoms with Gasteiger partial charge in [0.25, 0.3) is 15.9 Å². The zero-order valence-electron chi connectivity index (χ0n) is 14.2. The third-order valence-corrected chi connectivity index (χ3v) is 6.62. The fraction of sp³-hybridized carbons (Fsp3) is 0. The Labute approximate surface area is 164 Å². The van der Waals surface area contributed by atoms with Gasteiger partial charge in [0.05, 0.1) is 11.6 Å². The molecule has 0 unspecified atom stereocenters. The largest absolute Gasteiger partial charge is 0.334 e. The number of thiophene rings is 1. The molecule has 0 aliphatic carbocycles. The Kier molecular flexibility index (Phi) is 4.65. The molecule has 0 atom stereocenters. The van der Waals surface area contributed by atoms with E-state index in [1.54, 1.807) is 66.0 Å². The summed E-state index contributed by atoms with van der Waals surface area (Å²) >= 11 is 1.15. The minimum Gasteiger partial charge on any atom is -0.334 e. The van der Waals surface area contributed by atoms with Crippen LogP contribution in [0.2, 0.25) is 0 Å². The van der Waals surface area contributed by atoms with Gasteiger partial charge in [-0.25, -0.2) is 8.42 Å². The molecular formula is C19H12N4O3S2. The topological polar surface area (TPSA) is 109 Å². The SMILES string of the molecule is N#Cc1ccc(-c2nc(-c3ccc(NS(=O)(=O)c4cccs4)cc3)no2)cc1. The summed E-state index contributed by atoms with van der Waals surface area (Å²) in [6, 6.07) is 18.8. The van der Waals surface area contributed by atoms with Gasteiger partial charge in [-0.2, -0.15) is 10.2 Å². The highest BCUT2D eigenvalue weighted by molar-refractivity contribution is 7.94. The Hall–Kier alpha value is -3.48. The first-order chi connectivity index (χ1) is 13.5. The highest BCUT2D eigenvalue weighted by atomic mass is 32.2. The van der Waals surface area contributed by atoms with Crippen LogP contribution < -0.4 is 4.72 Å². The smallest absolute Gasteiger partial charge is 0.271 e. The molecule has 0 bridgehead atoms. The van der Waals surface area contributed by atoms with Crippen LogP contribution in [0.5, 0.6) is 0 Å². The molecule has 0 saturated carbocycles. The van der Waals surface area contributed by atoms with Crippen LogP contribution in [0.3, 0.4) is 0 Å². The first-order valence-electron chi connectivity index (χ1n) is 8.06. The van der Waals surface area contributed by atoms with Crippen molar-refractivity contribution in [3.8, 4) is 28.9 Å². The maximum absolute atomic E-state index is 12.3. The molecule has 0 spiro atoms. The van der Waals surface area contributed by atoms with Crippen LogP contribution in [0.4, 0.5) is 5.69 Å². The van der Waals surface area contributed by atoms with Crippen LogP contribution in [-0.4, -0.2) is 18.6 Å². The zero-order chi connectivity index (χ0) is 19.6. The number of hydrogen-bond donors (Lipinski definition) is 1. The molecule has 2 aromatic heterocycles. The van der Waals surface area contributed by atoms with E-state index in [2.05, 4.69) is 20.9 Å². The Morgan fingerprint density at radius 3 is 2.36 bits per heavy atom. The fourth-order valence-electron chi connectivity index (χ4n) is 2.45. The molecule has 0 fully saturated rings. The second-order valence-corrected chi connectivity index (χ2v) is 8.58. The van der Waals surface area contributed by atoms with Crippen molar-refractivity contribution >= 4 is 27.0 Å². The average Bonchev–Trinajstić information content (AvgIpc) is 3.41. The van der Waals surface area contributed by atoms with E-state index in [9.17, 15) is 8.42 Å². The van der Waals surface area contributed by atoms with E-state index in [1.807, 2.05) is 0 Å². The second kappa shape index (κ2) is 7.26. The molecule has 28 heavy (non-hydrogen) atoms. The zero-order valence-corrected chi connectivity index (χ0v) is 15.9. The fourth-order valence-corrected chi connectivity index (χ4v) is 4.51. The molecule has 1 N–H and O–H groups in total. The first-order valence-corrected chi connectivity index (χ1v) is 10.4. The van der Waals surface area contributed by atoms with Crippen LogP contribution in [0.25, 0.3) is 22.8 Å². The van der Waals surface area contributed by atoms with Crippen molar-refractivity contribution in [3.63, 3.8) is 0 Å². The molecule has 4 rings (SSSR count). The Morgan fingerprint density at radius 2 is 1.71 bits per heavy atom. The van der Waals surface area contributed by atoms with Gasteiger partial charge < -0.3 is 4.52 Å². The third-order valence-electron chi connectivity index (χ3n) is 3.84. The summed E-state index contributed by atoms with van der Waals surface area (Å²) in [6.45, 7) is 0. The molecule has 0 saturated heterocycles. The summed E-state index contributed by atoms with van der Waals surface area (Å²) in [7, 11) is -3.59. The van der Waals surface area contributed by atoms with E-state index in [1.165, 1.54) is 0 Å². The van der Waals surface area contributed by atoms with Gasteiger partial charge in [-0.3, -0.25) is 4.72 Å². The molecule has 138 valence electrons. The van der Waals surface area contributed by atoms with Crippen molar-refractivity contribution in [1.29, 1.82) is 5.26 Å². The summed E-state index contributed by atoms with van der Waals surface area (Å²) in [5.41, 5.74) is 2.37. The minimum absolute atomic E-state index is 0.252. The Balaban J connectivity index is 1.53. The number of anilines is 1. The lowest BCUT2D eigenvalue weighted by molar-refractivity contribution is 0.432. The maximum atomic E-state index is 12.3. The highest BCUT2D eigenvalue weighted by Crippen LogP contribution is 2.25. The van der Waals surface area contributed by atoms with E-state index in [-0.39, 0.29) is 4.21 Å². The molecule has 9 heteroatoms. The number of sulfonamides is 1. The predicted octanol–water partition coefficient (Wildman–Crippen LogP) is 4.14. The number of hydrogen-bond acceptors (Lipinski definition) is 7. The number of aromatic nitrogens is 2. The van der Waals surface area contributed by atoms with E-state index in [0.717, 1.165) is 11.3 Å². The molecule has 4 aromatic rings. The molecule has 2 heterocycles. The summed E-state index contributed by atoms with van der Waals surface area (Å²) in [6.07, 6.45) is 0.